The lowest BCUT2D eigenvalue weighted by Gasteiger charge is -2.24. The zero-order valence-electron chi connectivity index (χ0n) is 21.3. The number of nitrogens with one attached hydrogen (secondary N) is 1. The number of carbonyl (C=O) groups excluding carboxylic acids is 1. The van der Waals surface area contributed by atoms with Crippen LogP contribution in [0.5, 0.6) is 5.75 Å². The number of benzene rings is 1. The smallest absolute Gasteiger partial charge is 0.380 e. The average molecular weight is 531 g/mol. The molecule has 2 heterocycles. The van der Waals surface area contributed by atoms with E-state index in [4.69, 9.17) is 33.5 Å². The van der Waals surface area contributed by atoms with Crippen LogP contribution in [0.15, 0.2) is 47.4 Å². The lowest BCUT2D eigenvalue weighted by molar-refractivity contribution is -0.151. The number of aromatic amines is 1. The van der Waals surface area contributed by atoms with Gasteiger partial charge in [0.2, 0.25) is 0 Å². The molecule has 2 aromatic rings. The first-order valence-electron chi connectivity index (χ1n) is 11.8. The van der Waals surface area contributed by atoms with Crippen molar-refractivity contribution in [1.82, 2.24) is 9.55 Å². The van der Waals surface area contributed by atoms with Crippen molar-refractivity contribution in [3.63, 3.8) is 0 Å². The molecule has 2 unspecified atom stereocenters. The third-order valence-corrected chi connectivity index (χ3v) is 7.02. The molecule has 0 amide bonds. The molecule has 0 aliphatic carbocycles. The minimum Gasteiger partial charge on any atom is -0.463 e. The van der Waals surface area contributed by atoms with E-state index in [0.29, 0.717) is 0 Å². The van der Waals surface area contributed by atoms with Crippen LogP contribution >= 0.6 is 19.8 Å². The predicted molar refractivity (Wildman–Crippen MR) is 128 cm³/mol. The van der Waals surface area contributed by atoms with Gasteiger partial charge in [0.1, 0.15) is 28.7 Å². The fourth-order valence-electron chi connectivity index (χ4n) is 3.24. The van der Waals surface area contributed by atoms with Crippen molar-refractivity contribution >= 4 is 25.8 Å². The minimum absolute atomic E-state index is 0.0861. The van der Waals surface area contributed by atoms with E-state index in [2.05, 4.69) is 4.98 Å². The molecule has 1 aromatic heterocycles. The van der Waals surface area contributed by atoms with E-state index in [9.17, 15) is 24.4 Å². The van der Waals surface area contributed by atoms with Gasteiger partial charge in [-0.15, -0.1) is 0 Å². The number of hydrogen-bond acceptors (Lipinski definition) is 10. The highest BCUT2D eigenvalue weighted by atomic mass is 32.1. The first-order chi connectivity index (χ1) is 17.2. The van der Waals surface area contributed by atoms with E-state index in [1.165, 1.54) is 31.3 Å². The minimum atomic E-state index is -4.46. The van der Waals surface area contributed by atoms with Gasteiger partial charge in [0.05, 0.1) is 27.5 Å². The molecule has 6 atom stereocenters. The molecule has 1 fully saturated rings. The van der Waals surface area contributed by atoms with Crippen molar-refractivity contribution in [1.29, 1.82) is 0 Å². The Morgan fingerprint density at radius 2 is 1.94 bits per heavy atom. The molecule has 35 heavy (non-hydrogen) atoms. The van der Waals surface area contributed by atoms with Gasteiger partial charge < -0.3 is 24.2 Å². The quantitative estimate of drug-likeness (QED) is 0.237. The lowest BCUT2D eigenvalue weighted by Crippen LogP contribution is -2.36. The van der Waals surface area contributed by atoms with Crippen LogP contribution in [0.3, 0.4) is 0 Å². The van der Waals surface area contributed by atoms with Crippen molar-refractivity contribution in [2.45, 2.75) is 51.4 Å². The zero-order chi connectivity index (χ0) is 27.5. The Morgan fingerprint density at radius 1 is 1.26 bits per heavy atom. The fraction of sp³-hybridized carbons (Fsp3) is 0.500. The summed E-state index contributed by atoms with van der Waals surface area (Å²) in [6.07, 6.45) is -6.82. The van der Waals surface area contributed by atoms with Crippen LogP contribution in [0, 0.1) is 10.6 Å². The molecule has 3 N–H and O–H groups in total. The van der Waals surface area contributed by atoms with Gasteiger partial charge in [-0.25, -0.2) is 9.36 Å². The highest BCUT2D eigenvalue weighted by molar-refractivity contribution is 7.71. The normalized spacial score (nSPS) is 25.9. The van der Waals surface area contributed by atoms with Crippen molar-refractivity contribution < 1.29 is 40.8 Å². The van der Waals surface area contributed by atoms with Gasteiger partial charge >= 0.3 is 19.3 Å². The average Bonchev–Trinajstić information content (AvgIpc) is 3.08. The molecule has 192 valence electrons. The number of para-hydroxylation sites is 1. The first kappa shape index (κ1) is 24.4. The molecule has 0 bridgehead atoms. The van der Waals surface area contributed by atoms with Crippen molar-refractivity contribution in [2.24, 2.45) is 5.92 Å². The molecule has 1 aliphatic rings. The summed E-state index contributed by atoms with van der Waals surface area (Å²) in [6.45, 7) is 1.71. The van der Waals surface area contributed by atoms with Gasteiger partial charge in [-0.05, 0) is 32.0 Å². The largest absolute Gasteiger partial charge is 0.463 e. The van der Waals surface area contributed by atoms with Gasteiger partial charge in [0.15, 0.2) is 6.23 Å². The van der Waals surface area contributed by atoms with E-state index in [1.807, 2.05) is 0 Å². The molecule has 0 spiro atoms. The maximum absolute atomic E-state index is 13.8. The summed E-state index contributed by atoms with van der Waals surface area (Å²) in [7, 11) is -4.46. The number of aromatic nitrogens is 2. The Labute approximate surface area is 210 Å². The number of carbonyl (C=O) groups is 1. The summed E-state index contributed by atoms with van der Waals surface area (Å²) in [4.78, 5) is 27.0. The van der Waals surface area contributed by atoms with Crippen LogP contribution in [-0.2, 0) is 23.4 Å². The topological polar surface area (TPSA) is 149 Å². The summed E-state index contributed by atoms with van der Waals surface area (Å²) in [5.41, 5.74) is -0.763. The van der Waals surface area contributed by atoms with Crippen LogP contribution in [0.2, 0.25) is 0 Å². The van der Waals surface area contributed by atoms with E-state index in [0.717, 1.165) is 4.57 Å². The van der Waals surface area contributed by atoms with Gasteiger partial charge in [0.25, 0.3) is 0 Å². The number of aliphatic hydroxyl groups excluding tert-OH is 2. The number of nitrogens with zero attached hydrogens (tertiary/aromatic N) is 1. The van der Waals surface area contributed by atoms with Crippen LogP contribution in [0.25, 0.3) is 0 Å². The molecule has 1 saturated heterocycles. The third-order valence-electron chi connectivity index (χ3n) is 4.91. The molecule has 13 heteroatoms. The van der Waals surface area contributed by atoms with Gasteiger partial charge in [-0.1, -0.05) is 37.3 Å². The number of ether oxygens (including phenoxy) is 2. The molecular weight excluding hydrogens is 499 g/mol. The predicted octanol–water partition coefficient (Wildman–Crippen LogP) is 2.40. The van der Waals surface area contributed by atoms with E-state index >= 15 is 0 Å². The highest BCUT2D eigenvalue weighted by Crippen LogP contribution is 2.50. The van der Waals surface area contributed by atoms with Gasteiger partial charge in [-0.3, -0.25) is 18.9 Å². The summed E-state index contributed by atoms with van der Waals surface area (Å²) in [6, 6.07) is 9.15. The Bertz CT molecular complexity index is 1260. The second kappa shape index (κ2) is 11.6. The monoisotopic (exact) mass is 530 g/mol. The maximum atomic E-state index is 13.8. The Kier molecular flexibility index (Phi) is 8.07. The van der Waals surface area contributed by atoms with Crippen LogP contribution in [-0.4, -0.2) is 62.9 Å². The molecule has 0 radical (unpaired) electrons. The van der Waals surface area contributed by atoms with Crippen LogP contribution < -0.4 is 10.2 Å². The van der Waals surface area contributed by atoms with Gasteiger partial charge in [-0.2, -0.15) is 0 Å². The van der Waals surface area contributed by atoms with Gasteiger partial charge in [0, 0.05) is 6.20 Å². The number of rotatable bonds is 10. The molecular formula is C22H29N2O9PS. The number of aliphatic hydroxyl groups is 2. The Morgan fingerprint density at radius 3 is 2.57 bits per heavy atom. The Hall–Kier alpha value is -2.34. The SMILES string of the molecule is [2H]C([2H])(OP(=O)(C[C@@H](C)C(=O)OC(C)C)Oc1ccccc1)[C@H]1O[C@@H](n2ccc(=S)[nH]c2=O)C(O)[C@H]1O. The molecule has 3 rings (SSSR count). The van der Waals surface area contributed by atoms with Crippen molar-refractivity contribution in [2.75, 3.05) is 12.7 Å². The molecule has 0 saturated carbocycles. The summed E-state index contributed by atoms with van der Waals surface area (Å²) < 4.78 is 53.2. The standard InChI is InChI=1S/C22H29N2O9PS/c1-13(2)31-21(27)14(3)12-34(29,33-15-7-5-4-6-8-15)30-11-16-18(25)19(26)20(32-16)24-10-9-17(35)23-22(24)28/h4-10,13-14,16,18-20,25-26H,11-12H2,1-3H3,(H,23,28,35)/t14-,16-,18+,19?,20-,34?/m1/s1/i11D2. The third kappa shape index (κ3) is 7.09. The second-order valence-electron chi connectivity index (χ2n) is 8.24. The maximum Gasteiger partial charge on any atom is 0.380 e. The second-order valence-corrected chi connectivity index (χ2v) is 10.6. The number of esters is 1. The number of H-pyrrole nitrogens is 1. The summed E-state index contributed by atoms with van der Waals surface area (Å²) in [5.74, 6) is -1.61. The van der Waals surface area contributed by atoms with E-state index in [-0.39, 0.29) is 10.4 Å². The Balaban J connectivity index is 1.88. The molecule has 11 nitrogen and oxygen atoms in total. The fourth-order valence-corrected chi connectivity index (χ4v) is 5.10. The van der Waals surface area contributed by atoms with Crippen LogP contribution in [0.1, 0.15) is 29.7 Å². The van der Waals surface area contributed by atoms with Crippen molar-refractivity contribution in [3.05, 3.63) is 57.7 Å². The first-order valence-corrected chi connectivity index (χ1v) is 12.9. The molecule has 1 aliphatic heterocycles. The zero-order valence-corrected chi connectivity index (χ0v) is 21.0. The van der Waals surface area contributed by atoms with E-state index in [1.54, 1.807) is 32.0 Å². The van der Waals surface area contributed by atoms with Crippen LogP contribution in [0.4, 0.5) is 0 Å². The molecule has 1 aromatic carbocycles. The van der Waals surface area contributed by atoms with E-state index < -0.39 is 68.5 Å². The summed E-state index contributed by atoms with van der Waals surface area (Å²) in [5, 5.41) is 21.1. The number of hydrogen-bond donors (Lipinski definition) is 3. The highest BCUT2D eigenvalue weighted by Gasteiger charge is 2.45. The summed E-state index contributed by atoms with van der Waals surface area (Å²) >= 11 is 4.88. The lowest BCUT2D eigenvalue weighted by atomic mass is 10.1. The van der Waals surface area contributed by atoms with Crippen molar-refractivity contribution in [3.8, 4) is 5.75 Å².